The summed E-state index contributed by atoms with van der Waals surface area (Å²) in [6.45, 7) is 6.61. The molecule has 0 saturated carbocycles. The number of carbonyl (C=O) groups excluding carboxylic acids is 1. The van der Waals surface area contributed by atoms with Gasteiger partial charge in [0.15, 0.2) is 0 Å². The minimum Gasteiger partial charge on any atom is -0.455 e. The highest BCUT2D eigenvalue weighted by Gasteiger charge is 2.29. The number of amides is 2. The quantitative estimate of drug-likeness (QED) is 0.244. The van der Waals surface area contributed by atoms with Gasteiger partial charge in [0.25, 0.3) is 6.43 Å². The van der Waals surface area contributed by atoms with Crippen molar-refractivity contribution in [1.82, 2.24) is 29.7 Å². The lowest BCUT2D eigenvalue weighted by molar-refractivity contribution is 0.136. The predicted molar refractivity (Wildman–Crippen MR) is 163 cm³/mol. The average molecular weight is 606 g/mol. The molecule has 1 aromatic carbocycles. The van der Waals surface area contributed by atoms with Crippen molar-refractivity contribution >= 4 is 22.8 Å². The van der Waals surface area contributed by atoms with Crippen LogP contribution in [-0.4, -0.2) is 80.6 Å². The lowest BCUT2D eigenvalue weighted by atomic mass is 9.92. The van der Waals surface area contributed by atoms with Crippen molar-refractivity contribution < 1.29 is 23.4 Å². The molecule has 1 fully saturated rings. The SMILES string of the molecule is CC[C@H]1CN(C(=O)Nc2ccc(CN3CCN(C)CC3)c(C(F)F)c2)Cc2cc(Oc3ccnc4[nH]c(CO)cc34)cnc21. The van der Waals surface area contributed by atoms with Crippen molar-refractivity contribution in [3.63, 3.8) is 0 Å². The first kappa shape index (κ1) is 29.9. The van der Waals surface area contributed by atoms with Gasteiger partial charge in [0, 0.05) is 74.9 Å². The number of pyridine rings is 2. The van der Waals surface area contributed by atoms with Gasteiger partial charge in [-0.05, 0) is 54.9 Å². The van der Waals surface area contributed by atoms with Crippen LogP contribution in [0.4, 0.5) is 19.3 Å². The van der Waals surface area contributed by atoms with E-state index < -0.39 is 6.43 Å². The molecule has 10 nitrogen and oxygen atoms in total. The van der Waals surface area contributed by atoms with E-state index in [0.29, 0.717) is 53.7 Å². The normalized spacial score (nSPS) is 17.7. The summed E-state index contributed by atoms with van der Waals surface area (Å²) in [6.07, 6.45) is 1.43. The Morgan fingerprint density at radius 1 is 1.16 bits per heavy atom. The van der Waals surface area contributed by atoms with E-state index in [0.717, 1.165) is 49.2 Å². The maximum absolute atomic E-state index is 14.1. The predicted octanol–water partition coefficient (Wildman–Crippen LogP) is 5.47. The van der Waals surface area contributed by atoms with Crippen LogP contribution >= 0.6 is 0 Å². The van der Waals surface area contributed by atoms with Gasteiger partial charge in [-0.2, -0.15) is 0 Å². The summed E-state index contributed by atoms with van der Waals surface area (Å²) in [5, 5.41) is 13.1. The van der Waals surface area contributed by atoms with Gasteiger partial charge in [0.1, 0.15) is 17.1 Å². The number of anilines is 1. The van der Waals surface area contributed by atoms with Gasteiger partial charge in [-0.3, -0.25) is 9.88 Å². The third kappa shape index (κ3) is 6.37. The second kappa shape index (κ2) is 12.8. The Kier molecular flexibility index (Phi) is 8.74. The lowest BCUT2D eigenvalue weighted by Gasteiger charge is -2.34. The first-order chi connectivity index (χ1) is 21.3. The molecule has 1 atom stereocenters. The second-order valence-electron chi connectivity index (χ2n) is 11.6. The number of aliphatic hydroxyl groups excluding tert-OH is 1. The highest BCUT2D eigenvalue weighted by atomic mass is 19.3. The number of nitrogens with zero attached hydrogens (tertiary/aromatic N) is 5. The molecule has 3 N–H and O–H groups in total. The van der Waals surface area contributed by atoms with Crippen LogP contribution < -0.4 is 10.1 Å². The molecule has 0 radical (unpaired) electrons. The zero-order valence-electron chi connectivity index (χ0n) is 24.9. The number of hydrogen-bond acceptors (Lipinski definition) is 7. The van der Waals surface area contributed by atoms with Crippen LogP contribution in [0.1, 0.15) is 53.8 Å². The third-order valence-corrected chi connectivity index (χ3v) is 8.51. The molecular formula is C32H37F2N7O3. The Hall–Kier alpha value is -4.13. The number of aromatic nitrogens is 3. The van der Waals surface area contributed by atoms with Gasteiger partial charge in [0.05, 0.1) is 23.9 Å². The third-order valence-electron chi connectivity index (χ3n) is 8.51. The Morgan fingerprint density at radius 3 is 2.73 bits per heavy atom. The van der Waals surface area contributed by atoms with Gasteiger partial charge >= 0.3 is 6.03 Å². The van der Waals surface area contributed by atoms with Crippen molar-refractivity contribution in [2.75, 3.05) is 45.1 Å². The van der Waals surface area contributed by atoms with Crippen molar-refractivity contribution in [3.8, 4) is 11.5 Å². The zero-order valence-corrected chi connectivity index (χ0v) is 24.9. The number of H-pyrrole nitrogens is 1. The molecule has 3 aromatic heterocycles. The lowest BCUT2D eigenvalue weighted by Crippen LogP contribution is -2.44. The number of ether oxygens (including phenoxy) is 1. The maximum atomic E-state index is 14.1. The van der Waals surface area contributed by atoms with E-state index in [1.54, 1.807) is 41.6 Å². The number of halogens is 2. The molecule has 6 rings (SSSR count). The number of likely N-dealkylation sites (N-methyl/N-ethyl adjacent to an activating group) is 1. The minimum absolute atomic E-state index is 0.0190. The number of fused-ring (bicyclic) bond motifs is 2. The molecule has 4 aromatic rings. The number of aliphatic hydroxyl groups is 1. The fourth-order valence-electron chi connectivity index (χ4n) is 5.98. The number of urea groups is 1. The number of rotatable bonds is 8. The molecule has 12 heteroatoms. The van der Waals surface area contributed by atoms with E-state index in [1.165, 1.54) is 6.07 Å². The topological polar surface area (TPSA) is 110 Å². The molecule has 0 bridgehead atoms. The number of carbonyl (C=O) groups is 1. The van der Waals surface area contributed by atoms with Gasteiger partial charge in [-0.25, -0.2) is 18.6 Å². The Balaban J connectivity index is 1.17. The molecule has 44 heavy (non-hydrogen) atoms. The summed E-state index contributed by atoms with van der Waals surface area (Å²) in [5.74, 6) is 1.10. The Bertz CT molecular complexity index is 1640. The Morgan fingerprint density at radius 2 is 1.98 bits per heavy atom. The highest BCUT2D eigenvalue weighted by molar-refractivity contribution is 5.89. The molecule has 0 spiro atoms. The van der Waals surface area contributed by atoms with E-state index >= 15 is 0 Å². The summed E-state index contributed by atoms with van der Waals surface area (Å²) < 4.78 is 34.4. The average Bonchev–Trinajstić information content (AvgIpc) is 3.47. The molecule has 0 aliphatic carbocycles. The van der Waals surface area contributed by atoms with Crippen LogP contribution in [0, 0.1) is 0 Å². The maximum Gasteiger partial charge on any atom is 0.322 e. The first-order valence-corrected chi connectivity index (χ1v) is 14.9. The summed E-state index contributed by atoms with van der Waals surface area (Å²) in [7, 11) is 2.06. The monoisotopic (exact) mass is 605 g/mol. The van der Waals surface area contributed by atoms with Crippen LogP contribution in [0.15, 0.2) is 48.8 Å². The first-order valence-electron chi connectivity index (χ1n) is 14.9. The van der Waals surface area contributed by atoms with Crippen molar-refractivity contribution in [1.29, 1.82) is 0 Å². The standard InChI is InChI=1S/C32H37F2N7O3/c1-3-20-17-41(32(43)38-23-5-4-21(26(13-23)30(33)34)16-40-10-8-39(2)9-11-40)18-22-12-25(15-36-29(20)22)44-28-6-7-35-31-27(28)14-24(19-42)37-31/h4-7,12-15,20,30,42H,3,8-11,16-19H2,1-2H3,(H,35,37)(H,38,43)/t20-/m0/s1. The summed E-state index contributed by atoms with van der Waals surface area (Å²) >= 11 is 0. The second-order valence-corrected chi connectivity index (χ2v) is 11.6. The molecule has 1 saturated heterocycles. The van der Waals surface area contributed by atoms with Gasteiger partial charge in [0.2, 0.25) is 0 Å². The van der Waals surface area contributed by atoms with Gasteiger partial charge < -0.3 is 29.9 Å². The van der Waals surface area contributed by atoms with Crippen molar-refractivity contribution in [3.05, 3.63) is 76.9 Å². The fourth-order valence-corrected chi connectivity index (χ4v) is 5.98. The van der Waals surface area contributed by atoms with E-state index in [1.807, 2.05) is 13.0 Å². The zero-order chi connectivity index (χ0) is 30.8. The fraction of sp³-hybridized carbons (Fsp3) is 0.406. The molecule has 2 aliphatic rings. The Labute approximate surface area is 254 Å². The molecule has 2 aliphatic heterocycles. The van der Waals surface area contributed by atoms with E-state index in [-0.39, 0.29) is 24.1 Å². The van der Waals surface area contributed by atoms with Crippen LogP contribution in [-0.2, 0) is 19.7 Å². The summed E-state index contributed by atoms with van der Waals surface area (Å²) in [5.41, 5.74) is 3.89. The number of aromatic amines is 1. The largest absolute Gasteiger partial charge is 0.455 e. The minimum atomic E-state index is -2.65. The summed E-state index contributed by atoms with van der Waals surface area (Å²) in [4.78, 5) is 31.6. The highest BCUT2D eigenvalue weighted by Crippen LogP contribution is 2.35. The summed E-state index contributed by atoms with van der Waals surface area (Å²) in [6, 6.07) is 9.88. The van der Waals surface area contributed by atoms with Crippen LogP contribution in [0.3, 0.4) is 0 Å². The number of nitrogens with one attached hydrogen (secondary N) is 2. The molecular weight excluding hydrogens is 568 g/mol. The van der Waals surface area contributed by atoms with E-state index in [2.05, 4.69) is 32.1 Å². The van der Waals surface area contributed by atoms with Gasteiger partial charge in [-0.1, -0.05) is 13.0 Å². The molecule has 2 amide bonds. The number of alkyl halides is 2. The van der Waals surface area contributed by atoms with Gasteiger partial charge in [-0.15, -0.1) is 0 Å². The molecule has 232 valence electrons. The van der Waals surface area contributed by atoms with E-state index in [9.17, 15) is 18.7 Å². The molecule has 0 unspecified atom stereocenters. The van der Waals surface area contributed by atoms with Crippen LogP contribution in [0.2, 0.25) is 0 Å². The van der Waals surface area contributed by atoms with Crippen molar-refractivity contribution in [2.45, 2.75) is 45.4 Å². The smallest absolute Gasteiger partial charge is 0.322 e. The van der Waals surface area contributed by atoms with E-state index in [4.69, 9.17) is 9.72 Å². The number of piperazine rings is 1. The van der Waals surface area contributed by atoms with Crippen LogP contribution in [0.25, 0.3) is 11.0 Å². The van der Waals surface area contributed by atoms with Crippen LogP contribution in [0.5, 0.6) is 11.5 Å². The number of hydrogen-bond donors (Lipinski definition) is 3. The number of benzene rings is 1. The van der Waals surface area contributed by atoms with Crippen molar-refractivity contribution in [2.24, 2.45) is 0 Å². The molecule has 5 heterocycles.